The Morgan fingerprint density at radius 1 is 1.00 bits per heavy atom. The van der Waals surface area contributed by atoms with Crippen LogP contribution in [0, 0.1) is 11.3 Å². The van der Waals surface area contributed by atoms with Gasteiger partial charge in [0.1, 0.15) is 0 Å². The molecular formula is C2H3F6LiNP. The van der Waals surface area contributed by atoms with Gasteiger partial charge in [-0.15, -0.1) is 0 Å². The minimum absolute atomic E-state index is 0. The van der Waals surface area contributed by atoms with Gasteiger partial charge in [0.05, 0.1) is 6.07 Å². The van der Waals surface area contributed by atoms with Crippen molar-refractivity contribution < 1.29 is 44.0 Å². The molecule has 0 aliphatic carbocycles. The van der Waals surface area contributed by atoms with E-state index in [1.165, 1.54) is 6.92 Å². The van der Waals surface area contributed by atoms with E-state index in [2.05, 4.69) is 0 Å². The molecule has 0 bridgehead atoms. The summed E-state index contributed by atoms with van der Waals surface area (Å²) in [5.41, 5.74) is 0. The van der Waals surface area contributed by atoms with Crippen LogP contribution in [-0.4, -0.2) is 0 Å². The molecule has 0 fully saturated rings. The van der Waals surface area contributed by atoms with Crippen LogP contribution in [0.25, 0.3) is 0 Å². The van der Waals surface area contributed by atoms with Gasteiger partial charge in [0.2, 0.25) is 0 Å². The van der Waals surface area contributed by atoms with Gasteiger partial charge in [-0.1, -0.05) is 0 Å². The van der Waals surface area contributed by atoms with Gasteiger partial charge in [0.15, 0.2) is 0 Å². The molecule has 0 unspecified atom stereocenters. The fourth-order valence-corrected chi connectivity index (χ4v) is 0. The summed E-state index contributed by atoms with van der Waals surface area (Å²) in [4.78, 5) is 0. The fraction of sp³-hybridized carbons (Fsp3) is 0.500. The van der Waals surface area contributed by atoms with Crippen molar-refractivity contribution in [3.63, 3.8) is 0 Å². The van der Waals surface area contributed by atoms with E-state index in [-0.39, 0.29) is 18.9 Å². The summed E-state index contributed by atoms with van der Waals surface area (Å²) in [5.74, 6) is 0. The Morgan fingerprint density at radius 3 is 1.00 bits per heavy atom. The largest absolute Gasteiger partial charge is 1.00 e. The van der Waals surface area contributed by atoms with Crippen LogP contribution in [-0.2, 0) is 0 Å². The maximum atomic E-state index is 9.87. The van der Waals surface area contributed by atoms with E-state index < -0.39 is 7.81 Å². The maximum Gasteiger partial charge on any atom is 1.00 e. The van der Waals surface area contributed by atoms with E-state index in [4.69, 9.17) is 5.26 Å². The molecule has 0 aromatic carbocycles. The van der Waals surface area contributed by atoms with Crippen molar-refractivity contribution in [3.05, 3.63) is 0 Å². The van der Waals surface area contributed by atoms with Crippen molar-refractivity contribution in [2.75, 3.05) is 0 Å². The topological polar surface area (TPSA) is 23.8 Å². The molecule has 0 aromatic rings. The normalized spacial score (nSPS) is 15.5. The first-order valence-corrected chi connectivity index (χ1v) is 3.77. The summed E-state index contributed by atoms with van der Waals surface area (Å²) in [6.45, 7) is 1.43. The number of hydrogen-bond acceptors (Lipinski definition) is 1. The third-order valence-corrected chi connectivity index (χ3v) is 0. The van der Waals surface area contributed by atoms with Gasteiger partial charge >= 0.3 is 51.9 Å². The summed E-state index contributed by atoms with van der Waals surface area (Å²) < 4.78 is 59.2. The van der Waals surface area contributed by atoms with Gasteiger partial charge in [-0.25, -0.2) is 0 Å². The van der Waals surface area contributed by atoms with Crippen molar-refractivity contribution in [1.82, 2.24) is 0 Å². The van der Waals surface area contributed by atoms with E-state index in [1.54, 1.807) is 6.07 Å². The Bertz CT molecular complexity index is 137. The van der Waals surface area contributed by atoms with Crippen LogP contribution in [0.1, 0.15) is 6.92 Å². The van der Waals surface area contributed by atoms with Crippen LogP contribution in [0.2, 0.25) is 0 Å². The predicted molar refractivity (Wildman–Crippen MR) is 24.9 cm³/mol. The maximum absolute atomic E-state index is 10.7. The Kier molecular flexibility index (Phi) is 5.06. The van der Waals surface area contributed by atoms with E-state index in [0.717, 1.165) is 0 Å². The molecule has 11 heavy (non-hydrogen) atoms. The minimum atomic E-state index is -10.7. The first-order valence-electron chi connectivity index (χ1n) is 1.74. The first-order chi connectivity index (χ1) is 3.86. The molecule has 9 heteroatoms. The molecule has 0 amide bonds. The van der Waals surface area contributed by atoms with Crippen LogP contribution in [0.5, 0.6) is 0 Å². The summed E-state index contributed by atoms with van der Waals surface area (Å²) >= 11 is 0. The van der Waals surface area contributed by atoms with Gasteiger partial charge < -0.3 is 0 Å². The third-order valence-electron chi connectivity index (χ3n) is 0. The van der Waals surface area contributed by atoms with Crippen molar-refractivity contribution in [1.29, 1.82) is 5.26 Å². The van der Waals surface area contributed by atoms with Gasteiger partial charge in [-0.3, -0.25) is 0 Å². The summed E-state index contributed by atoms with van der Waals surface area (Å²) in [6.07, 6.45) is 0. The van der Waals surface area contributed by atoms with E-state index >= 15 is 0 Å². The second-order valence-electron chi connectivity index (χ2n) is 1.18. The van der Waals surface area contributed by atoms with Crippen LogP contribution in [0.15, 0.2) is 0 Å². The van der Waals surface area contributed by atoms with Crippen molar-refractivity contribution >= 4 is 7.81 Å². The summed E-state index contributed by atoms with van der Waals surface area (Å²) in [6, 6.07) is 1.75. The third kappa shape index (κ3) is 69800. The summed E-state index contributed by atoms with van der Waals surface area (Å²) in [7, 11) is -10.7. The smallest absolute Gasteiger partial charge is 1.00 e. The number of rotatable bonds is 0. The fourth-order valence-electron chi connectivity index (χ4n) is 0. The average molecular weight is 193 g/mol. The molecular weight excluding hydrogens is 190 g/mol. The molecule has 0 spiro atoms. The van der Waals surface area contributed by atoms with Gasteiger partial charge in [-0.05, 0) is 0 Å². The van der Waals surface area contributed by atoms with Crippen LogP contribution in [0.4, 0.5) is 25.2 Å². The minimum Gasteiger partial charge on any atom is 1.00 e. The van der Waals surface area contributed by atoms with Crippen LogP contribution >= 0.6 is 7.81 Å². The molecule has 0 radical (unpaired) electrons. The molecule has 0 saturated carbocycles. The average Bonchev–Trinajstić information content (AvgIpc) is 1.20. The molecule has 0 aliphatic rings. The summed E-state index contributed by atoms with van der Waals surface area (Å²) in [5, 5.41) is 7.32. The van der Waals surface area contributed by atoms with Crippen molar-refractivity contribution in [2.24, 2.45) is 0 Å². The molecule has 0 atom stereocenters. The zero-order valence-electron chi connectivity index (χ0n) is 5.66. The molecule has 0 saturated heterocycles. The monoisotopic (exact) mass is 193 g/mol. The van der Waals surface area contributed by atoms with E-state index in [0.29, 0.717) is 0 Å². The van der Waals surface area contributed by atoms with Gasteiger partial charge in [0.25, 0.3) is 0 Å². The second-order valence-corrected chi connectivity index (χ2v) is 3.10. The van der Waals surface area contributed by atoms with Crippen molar-refractivity contribution in [3.8, 4) is 6.07 Å². The molecule has 1 nitrogen and oxygen atoms in total. The second kappa shape index (κ2) is 3.23. The zero-order chi connectivity index (χ0) is 9.12. The SMILES string of the molecule is CC#N.F[P-](F)(F)(F)(F)F.[Li+]. The Morgan fingerprint density at radius 2 is 1.00 bits per heavy atom. The molecule has 0 aromatic heterocycles. The van der Waals surface area contributed by atoms with Crippen molar-refractivity contribution in [2.45, 2.75) is 6.92 Å². The number of hydrogen-bond donors (Lipinski definition) is 0. The van der Waals surface area contributed by atoms with Gasteiger partial charge in [-0.2, -0.15) is 5.26 Å². The standard InChI is InChI=1S/C2H3N.F6P.Li/c1-2-3;1-7(2,3,4,5)6;/h1H3;;/q;-1;+1. The van der Waals surface area contributed by atoms with Crippen LogP contribution in [0.3, 0.4) is 0 Å². The molecule has 0 rings (SSSR count). The Balaban J connectivity index is -0.000000140. The Hall–Kier alpha value is 0.0974. The zero-order valence-corrected chi connectivity index (χ0v) is 6.56. The van der Waals surface area contributed by atoms with Crippen LogP contribution < -0.4 is 18.9 Å². The molecule has 0 N–H and O–H groups in total. The number of nitriles is 1. The molecule has 64 valence electrons. The predicted octanol–water partition coefficient (Wildman–Crippen LogP) is 0.916. The number of halogens is 6. The van der Waals surface area contributed by atoms with E-state index in [9.17, 15) is 25.2 Å². The first kappa shape index (κ1) is 17.3. The Labute approximate surface area is 70.8 Å². The quantitative estimate of drug-likeness (QED) is 0.318. The van der Waals surface area contributed by atoms with E-state index in [1.807, 2.05) is 0 Å². The van der Waals surface area contributed by atoms with Gasteiger partial charge in [0, 0.05) is 6.92 Å². The number of nitrogens with zero attached hydrogens (tertiary/aromatic N) is 1. The molecule has 0 aliphatic heterocycles. The molecule has 0 heterocycles.